The van der Waals surface area contributed by atoms with Gasteiger partial charge in [-0.25, -0.2) is 0 Å². The highest BCUT2D eigenvalue weighted by atomic mass is 79.9. The normalized spacial score (nSPS) is 10.6. The standard InChI is InChI=1S/C19H19BrN4O2S/c1-2-24-17(12-26-16-10-8-14(20)9-11-16)22-23-19(24)27-13-18(25)21-15-6-4-3-5-7-15/h3-11H,2,12-13H2,1H3,(H,21,25). The van der Waals surface area contributed by atoms with Crippen LogP contribution in [0.4, 0.5) is 5.69 Å². The molecule has 0 aliphatic heterocycles. The highest BCUT2D eigenvalue weighted by Crippen LogP contribution is 2.20. The summed E-state index contributed by atoms with van der Waals surface area (Å²) in [6.07, 6.45) is 0. The molecule has 1 aromatic heterocycles. The molecule has 6 nitrogen and oxygen atoms in total. The minimum Gasteiger partial charge on any atom is -0.486 e. The van der Waals surface area contributed by atoms with E-state index >= 15 is 0 Å². The summed E-state index contributed by atoms with van der Waals surface area (Å²) >= 11 is 4.76. The van der Waals surface area contributed by atoms with Crippen molar-refractivity contribution in [3.05, 3.63) is 64.9 Å². The maximum absolute atomic E-state index is 12.1. The molecule has 0 radical (unpaired) electrons. The van der Waals surface area contributed by atoms with Gasteiger partial charge in [-0.3, -0.25) is 4.79 Å². The number of hydrogen-bond acceptors (Lipinski definition) is 5. The Morgan fingerprint density at radius 1 is 1.15 bits per heavy atom. The predicted octanol–water partition coefficient (Wildman–Crippen LogP) is 4.37. The molecular formula is C19H19BrN4O2S. The summed E-state index contributed by atoms with van der Waals surface area (Å²) in [5.41, 5.74) is 0.781. The van der Waals surface area contributed by atoms with E-state index in [1.165, 1.54) is 11.8 Å². The van der Waals surface area contributed by atoms with E-state index in [1.807, 2.05) is 66.1 Å². The van der Waals surface area contributed by atoms with Crippen molar-refractivity contribution in [2.45, 2.75) is 25.2 Å². The number of carbonyl (C=O) groups excluding carboxylic acids is 1. The Morgan fingerprint density at radius 2 is 1.89 bits per heavy atom. The topological polar surface area (TPSA) is 69.0 Å². The molecule has 0 atom stereocenters. The highest BCUT2D eigenvalue weighted by molar-refractivity contribution is 9.10. The van der Waals surface area contributed by atoms with Crippen molar-refractivity contribution in [3.8, 4) is 5.75 Å². The molecule has 1 amide bonds. The number of rotatable bonds is 8. The average molecular weight is 447 g/mol. The molecular weight excluding hydrogens is 428 g/mol. The zero-order chi connectivity index (χ0) is 19.1. The first kappa shape index (κ1) is 19.4. The van der Waals surface area contributed by atoms with E-state index in [2.05, 4.69) is 31.4 Å². The monoisotopic (exact) mass is 446 g/mol. The van der Waals surface area contributed by atoms with Crippen molar-refractivity contribution in [3.63, 3.8) is 0 Å². The Kier molecular flexibility index (Phi) is 6.89. The van der Waals surface area contributed by atoms with Crippen molar-refractivity contribution in [1.82, 2.24) is 14.8 Å². The number of carbonyl (C=O) groups is 1. The number of para-hydroxylation sites is 1. The van der Waals surface area contributed by atoms with Crippen LogP contribution in [0.25, 0.3) is 0 Å². The van der Waals surface area contributed by atoms with Crippen LogP contribution in [-0.2, 0) is 17.9 Å². The lowest BCUT2D eigenvalue weighted by Crippen LogP contribution is -2.14. The van der Waals surface area contributed by atoms with Gasteiger partial charge in [0.1, 0.15) is 12.4 Å². The molecule has 0 saturated heterocycles. The number of amides is 1. The number of nitrogens with one attached hydrogen (secondary N) is 1. The smallest absolute Gasteiger partial charge is 0.234 e. The fourth-order valence-corrected chi connectivity index (χ4v) is 3.46. The minimum atomic E-state index is -0.0792. The lowest BCUT2D eigenvalue weighted by atomic mass is 10.3. The Bertz CT molecular complexity index is 884. The van der Waals surface area contributed by atoms with E-state index in [-0.39, 0.29) is 11.7 Å². The third-order valence-electron chi connectivity index (χ3n) is 3.68. The molecule has 0 bridgehead atoms. The number of hydrogen-bond donors (Lipinski definition) is 1. The summed E-state index contributed by atoms with van der Waals surface area (Å²) in [7, 11) is 0. The number of aromatic nitrogens is 3. The molecule has 0 spiro atoms. The van der Waals surface area contributed by atoms with Gasteiger partial charge in [0.15, 0.2) is 11.0 Å². The van der Waals surface area contributed by atoms with Gasteiger partial charge in [0, 0.05) is 16.7 Å². The summed E-state index contributed by atoms with van der Waals surface area (Å²) in [5.74, 6) is 1.68. The SMILES string of the molecule is CCn1c(COc2ccc(Br)cc2)nnc1SCC(=O)Nc1ccccc1. The quantitative estimate of drug-likeness (QED) is 0.520. The fraction of sp³-hybridized carbons (Fsp3) is 0.211. The van der Waals surface area contributed by atoms with Crippen LogP contribution < -0.4 is 10.1 Å². The number of nitrogens with zero attached hydrogens (tertiary/aromatic N) is 3. The van der Waals surface area contributed by atoms with Gasteiger partial charge in [0.05, 0.1) is 5.75 Å². The lowest BCUT2D eigenvalue weighted by Gasteiger charge is -2.09. The van der Waals surface area contributed by atoms with Crippen LogP contribution in [0.5, 0.6) is 5.75 Å². The molecule has 1 heterocycles. The van der Waals surface area contributed by atoms with Gasteiger partial charge in [-0.1, -0.05) is 45.9 Å². The molecule has 2 aromatic carbocycles. The molecule has 0 aliphatic rings. The van der Waals surface area contributed by atoms with E-state index in [1.54, 1.807) is 0 Å². The van der Waals surface area contributed by atoms with Crippen molar-refractivity contribution in [2.24, 2.45) is 0 Å². The lowest BCUT2D eigenvalue weighted by molar-refractivity contribution is -0.113. The maximum Gasteiger partial charge on any atom is 0.234 e. The number of benzene rings is 2. The van der Waals surface area contributed by atoms with Crippen molar-refractivity contribution in [2.75, 3.05) is 11.1 Å². The van der Waals surface area contributed by atoms with Crippen LogP contribution >= 0.6 is 27.7 Å². The molecule has 3 rings (SSSR count). The summed E-state index contributed by atoms with van der Waals surface area (Å²) in [6.45, 7) is 3.04. The fourth-order valence-electron chi connectivity index (χ4n) is 2.38. The van der Waals surface area contributed by atoms with Crippen molar-refractivity contribution < 1.29 is 9.53 Å². The Balaban J connectivity index is 1.56. The van der Waals surface area contributed by atoms with Crippen LogP contribution in [0.1, 0.15) is 12.7 Å². The van der Waals surface area contributed by atoms with E-state index < -0.39 is 0 Å². The van der Waals surface area contributed by atoms with Crippen LogP contribution in [-0.4, -0.2) is 26.4 Å². The molecule has 8 heteroatoms. The number of halogens is 1. The number of anilines is 1. The first-order chi connectivity index (χ1) is 13.2. The van der Waals surface area contributed by atoms with Gasteiger partial charge in [-0.2, -0.15) is 0 Å². The van der Waals surface area contributed by atoms with Gasteiger partial charge in [0.25, 0.3) is 0 Å². The molecule has 0 fully saturated rings. The van der Waals surface area contributed by atoms with E-state index in [0.29, 0.717) is 18.3 Å². The largest absolute Gasteiger partial charge is 0.486 e. The molecule has 1 N–H and O–H groups in total. The Morgan fingerprint density at radius 3 is 2.59 bits per heavy atom. The number of ether oxygens (including phenoxy) is 1. The summed E-state index contributed by atoms with van der Waals surface area (Å²) in [5, 5.41) is 12.0. The maximum atomic E-state index is 12.1. The summed E-state index contributed by atoms with van der Waals surface area (Å²) < 4.78 is 8.73. The minimum absolute atomic E-state index is 0.0792. The highest BCUT2D eigenvalue weighted by Gasteiger charge is 2.14. The van der Waals surface area contributed by atoms with Crippen LogP contribution in [0.2, 0.25) is 0 Å². The van der Waals surface area contributed by atoms with Gasteiger partial charge >= 0.3 is 0 Å². The second kappa shape index (κ2) is 9.57. The van der Waals surface area contributed by atoms with Gasteiger partial charge in [-0.05, 0) is 43.3 Å². The van der Waals surface area contributed by atoms with E-state index in [4.69, 9.17) is 4.74 Å². The zero-order valence-corrected chi connectivity index (χ0v) is 17.2. The molecule has 0 unspecified atom stereocenters. The Labute approximate surface area is 170 Å². The third-order valence-corrected chi connectivity index (χ3v) is 5.18. The van der Waals surface area contributed by atoms with Crippen molar-refractivity contribution in [1.29, 1.82) is 0 Å². The van der Waals surface area contributed by atoms with Gasteiger partial charge in [0.2, 0.25) is 5.91 Å². The molecule has 140 valence electrons. The summed E-state index contributed by atoms with van der Waals surface area (Å²) in [6, 6.07) is 17.0. The van der Waals surface area contributed by atoms with Crippen LogP contribution in [0, 0.1) is 0 Å². The Hall–Kier alpha value is -2.32. The molecule has 0 aliphatic carbocycles. The van der Waals surface area contributed by atoms with E-state index in [0.717, 1.165) is 21.7 Å². The van der Waals surface area contributed by atoms with Crippen LogP contribution in [0.3, 0.4) is 0 Å². The van der Waals surface area contributed by atoms with Gasteiger partial charge < -0.3 is 14.6 Å². The average Bonchev–Trinajstić information content (AvgIpc) is 3.08. The molecule has 0 saturated carbocycles. The third kappa shape index (κ3) is 5.58. The predicted molar refractivity (Wildman–Crippen MR) is 110 cm³/mol. The second-order valence-corrected chi connectivity index (χ2v) is 7.45. The molecule has 3 aromatic rings. The second-order valence-electron chi connectivity index (χ2n) is 5.59. The van der Waals surface area contributed by atoms with Crippen molar-refractivity contribution >= 4 is 39.3 Å². The van der Waals surface area contributed by atoms with Crippen LogP contribution in [0.15, 0.2) is 64.2 Å². The number of thioether (sulfide) groups is 1. The van der Waals surface area contributed by atoms with E-state index in [9.17, 15) is 4.79 Å². The first-order valence-corrected chi connectivity index (χ1v) is 10.2. The summed E-state index contributed by atoms with van der Waals surface area (Å²) in [4.78, 5) is 12.1. The first-order valence-electron chi connectivity index (χ1n) is 8.44. The zero-order valence-electron chi connectivity index (χ0n) is 14.8. The molecule has 27 heavy (non-hydrogen) atoms. The van der Waals surface area contributed by atoms with Gasteiger partial charge in [-0.15, -0.1) is 10.2 Å².